The van der Waals surface area contributed by atoms with Crippen LogP contribution in [-0.4, -0.2) is 4.98 Å². The molecule has 0 amide bonds. The van der Waals surface area contributed by atoms with E-state index in [1.165, 1.54) is 29.7 Å². The molecule has 3 heteroatoms. The molecular weight excluding hydrogens is 180 g/mol. The lowest BCUT2D eigenvalue weighted by atomic mass is 10.1. The van der Waals surface area contributed by atoms with Crippen LogP contribution >= 0.6 is 11.3 Å². The number of allylic oxidation sites excluding steroid dienone is 1. The van der Waals surface area contributed by atoms with Gasteiger partial charge in [-0.25, -0.2) is 0 Å². The van der Waals surface area contributed by atoms with Crippen LogP contribution in [-0.2, 0) is 0 Å². The van der Waals surface area contributed by atoms with Crippen molar-refractivity contribution in [1.29, 1.82) is 0 Å². The SMILES string of the molecule is NC(CC1=CCCC1)c1cncs1. The Kier molecular flexibility index (Phi) is 2.76. The van der Waals surface area contributed by atoms with Crippen LogP contribution in [0, 0.1) is 0 Å². The molecule has 1 aromatic rings. The Hall–Kier alpha value is -0.670. The molecule has 2 nitrogen and oxygen atoms in total. The van der Waals surface area contributed by atoms with Crippen LogP contribution in [0.2, 0.25) is 0 Å². The van der Waals surface area contributed by atoms with Crippen LogP contribution in [0.1, 0.15) is 36.6 Å². The van der Waals surface area contributed by atoms with Gasteiger partial charge in [0, 0.05) is 17.1 Å². The van der Waals surface area contributed by atoms with Gasteiger partial charge in [0.1, 0.15) is 0 Å². The summed E-state index contributed by atoms with van der Waals surface area (Å²) >= 11 is 1.65. The van der Waals surface area contributed by atoms with Gasteiger partial charge < -0.3 is 5.73 Å². The van der Waals surface area contributed by atoms with Crippen LogP contribution < -0.4 is 5.73 Å². The monoisotopic (exact) mass is 194 g/mol. The average Bonchev–Trinajstić information content (AvgIpc) is 2.74. The second-order valence-electron chi connectivity index (χ2n) is 3.47. The minimum absolute atomic E-state index is 0.164. The van der Waals surface area contributed by atoms with Crippen LogP contribution in [0.25, 0.3) is 0 Å². The third kappa shape index (κ3) is 2.17. The van der Waals surface area contributed by atoms with Gasteiger partial charge in [0.15, 0.2) is 0 Å². The van der Waals surface area contributed by atoms with Crippen LogP contribution in [0.15, 0.2) is 23.4 Å². The van der Waals surface area contributed by atoms with Crippen LogP contribution in [0.5, 0.6) is 0 Å². The molecule has 70 valence electrons. The van der Waals surface area contributed by atoms with E-state index in [0.717, 1.165) is 6.42 Å². The summed E-state index contributed by atoms with van der Waals surface area (Å²) < 4.78 is 0. The zero-order valence-corrected chi connectivity index (χ0v) is 8.39. The molecule has 13 heavy (non-hydrogen) atoms. The van der Waals surface area contributed by atoms with Gasteiger partial charge in [-0.3, -0.25) is 4.98 Å². The molecule has 0 spiro atoms. The van der Waals surface area contributed by atoms with E-state index >= 15 is 0 Å². The van der Waals surface area contributed by atoms with Gasteiger partial charge in [-0.15, -0.1) is 11.3 Å². The predicted molar refractivity (Wildman–Crippen MR) is 55.6 cm³/mol. The smallest absolute Gasteiger partial charge is 0.0794 e. The maximum Gasteiger partial charge on any atom is 0.0794 e. The van der Waals surface area contributed by atoms with E-state index in [0.29, 0.717) is 0 Å². The Balaban J connectivity index is 1.95. The van der Waals surface area contributed by atoms with Crippen molar-refractivity contribution in [1.82, 2.24) is 4.98 Å². The Morgan fingerprint density at radius 2 is 2.54 bits per heavy atom. The molecule has 1 aliphatic rings. The molecule has 1 aromatic heterocycles. The van der Waals surface area contributed by atoms with Crippen molar-refractivity contribution in [3.8, 4) is 0 Å². The summed E-state index contributed by atoms with van der Waals surface area (Å²) in [5.41, 5.74) is 9.42. The van der Waals surface area contributed by atoms with Crippen molar-refractivity contribution < 1.29 is 0 Å². The zero-order valence-electron chi connectivity index (χ0n) is 7.57. The number of hydrogen-bond donors (Lipinski definition) is 1. The largest absolute Gasteiger partial charge is 0.323 e. The number of nitrogens with two attached hydrogens (primary N) is 1. The summed E-state index contributed by atoms with van der Waals surface area (Å²) in [6.45, 7) is 0. The van der Waals surface area contributed by atoms with E-state index in [-0.39, 0.29) is 6.04 Å². The summed E-state index contributed by atoms with van der Waals surface area (Å²) in [7, 11) is 0. The number of nitrogens with zero attached hydrogens (tertiary/aromatic N) is 1. The van der Waals surface area contributed by atoms with E-state index in [2.05, 4.69) is 11.1 Å². The van der Waals surface area contributed by atoms with E-state index in [1.54, 1.807) is 11.3 Å². The second-order valence-corrected chi connectivity index (χ2v) is 4.39. The van der Waals surface area contributed by atoms with Gasteiger partial charge in [0.25, 0.3) is 0 Å². The summed E-state index contributed by atoms with van der Waals surface area (Å²) in [5.74, 6) is 0. The van der Waals surface area contributed by atoms with Crippen LogP contribution in [0.3, 0.4) is 0 Å². The van der Waals surface area contributed by atoms with Crippen molar-refractivity contribution in [3.05, 3.63) is 28.2 Å². The van der Waals surface area contributed by atoms with E-state index in [4.69, 9.17) is 5.73 Å². The molecule has 0 saturated heterocycles. The fraction of sp³-hybridized carbons (Fsp3) is 0.500. The maximum atomic E-state index is 6.05. The van der Waals surface area contributed by atoms with Gasteiger partial charge >= 0.3 is 0 Å². The molecular formula is C10H14N2S. The molecule has 0 fully saturated rings. The molecule has 0 saturated carbocycles. The average molecular weight is 194 g/mol. The van der Waals surface area contributed by atoms with Crippen molar-refractivity contribution >= 4 is 11.3 Å². The first-order valence-electron chi connectivity index (χ1n) is 4.68. The maximum absolute atomic E-state index is 6.05. The molecule has 1 aliphatic carbocycles. The lowest BCUT2D eigenvalue weighted by Gasteiger charge is -2.09. The normalized spacial score (nSPS) is 18.7. The number of rotatable bonds is 3. The van der Waals surface area contributed by atoms with Crippen LogP contribution in [0.4, 0.5) is 0 Å². The minimum atomic E-state index is 0.164. The summed E-state index contributed by atoms with van der Waals surface area (Å²) in [5, 5.41) is 0. The molecule has 1 atom stereocenters. The first-order valence-corrected chi connectivity index (χ1v) is 5.56. The lowest BCUT2D eigenvalue weighted by Crippen LogP contribution is -2.08. The van der Waals surface area contributed by atoms with Gasteiger partial charge in [-0.05, 0) is 25.7 Å². The van der Waals surface area contributed by atoms with Crippen molar-refractivity contribution in [3.63, 3.8) is 0 Å². The second kappa shape index (κ2) is 4.03. The van der Waals surface area contributed by atoms with Crippen molar-refractivity contribution in [2.24, 2.45) is 5.73 Å². The highest BCUT2D eigenvalue weighted by Crippen LogP contribution is 2.27. The Morgan fingerprint density at radius 3 is 3.15 bits per heavy atom. The lowest BCUT2D eigenvalue weighted by molar-refractivity contribution is 0.707. The highest BCUT2D eigenvalue weighted by atomic mass is 32.1. The fourth-order valence-electron chi connectivity index (χ4n) is 1.71. The summed E-state index contributed by atoms with van der Waals surface area (Å²) in [4.78, 5) is 5.24. The first kappa shape index (κ1) is 8.91. The third-order valence-corrected chi connectivity index (χ3v) is 3.34. The molecule has 2 N–H and O–H groups in total. The van der Waals surface area contributed by atoms with Crippen molar-refractivity contribution in [2.45, 2.75) is 31.7 Å². The minimum Gasteiger partial charge on any atom is -0.323 e. The topological polar surface area (TPSA) is 38.9 Å². The number of thiazole rings is 1. The quantitative estimate of drug-likeness (QED) is 0.751. The Morgan fingerprint density at radius 1 is 1.62 bits per heavy atom. The molecule has 1 unspecified atom stereocenters. The summed E-state index contributed by atoms with van der Waals surface area (Å²) in [6.07, 6.45) is 9.02. The van der Waals surface area contributed by atoms with Gasteiger partial charge in [0.05, 0.1) is 5.51 Å². The number of hydrogen-bond acceptors (Lipinski definition) is 3. The third-order valence-electron chi connectivity index (χ3n) is 2.43. The Labute approximate surface area is 82.5 Å². The van der Waals surface area contributed by atoms with Gasteiger partial charge in [0.2, 0.25) is 0 Å². The van der Waals surface area contributed by atoms with E-state index < -0.39 is 0 Å². The molecule has 0 bridgehead atoms. The predicted octanol–water partition coefficient (Wildman–Crippen LogP) is 2.64. The first-order chi connectivity index (χ1) is 6.36. The van der Waals surface area contributed by atoms with Gasteiger partial charge in [-0.1, -0.05) is 11.6 Å². The summed E-state index contributed by atoms with van der Waals surface area (Å²) in [6, 6.07) is 0.164. The molecule has 1 heterocycles. The molecule has 2 rings (SSSR count). The van der Waals surface area contributed by atoms with Crippen molar-refractivity contribution in [2.75, 3.05) is 0 Å². The van der Waals surface area contributed by atoms with E-state index in [9.17, 15) is 0 Å². The zero-order chi connectivity index (χ0) is 9.10. The molecule has 0 aromatic carbocycles. The molecule has 0 aliphatic heterocycles. The highest BCUT2D eigenvalue weighted by molar-refractivity contribution is 7.09. The standard InChI is InChI=1S/C10H14N2S/c11-9(10-6-12-7-13-10)5-8-3-1-2-4-8/h3,6-7,9H,1-2,4-5,11H2. The van der Waals surface area contributed by atoms with E-state index in [1.807, 2.05) is 11.7 Å². The highest BCUT2D eigenvalue weighted by Gasteiger charge is 2.12. The Bertz CT molecular complexity index is 290. The molecule has 0 radical (unpaired) electrons. The number of aromatic nitrogens is 1. The van der Waals surface area contributed by atoms with Gasteiger partial charge in [-0.2, -0.15) is 0 Å². The fourth-order valence-corrected chi connectivity index (χ4v) is 2.34.